The predicted octanol–water partition coefficient (Wildman–Crippen LogP) is 1.94. The molecule has 1 aromatic rings. The van der Waals surface area contributed by atoms with E-state index in [0.717, 1.165) is 18.4 Å². The van der Waals surface area contributed by atoms with Crippen molar-refractivity contribution >= 4 is 6.03 Å². The molecule has 0 bridgehead atoms. The summed E-state index contributed by atoms with van der Waals surface area (Å²) in [5.74, 6) is -0.274. The molecule has 1 aromatic carbocycles. The number of aliphatic hydroxyl groups is 1. The highest BCUT2D eigenvalue weighted by Gasteiger charge is 2.35. The summed E-state index contributed by atoms with van der Waals surface area (Å²) in [5.41, 5.74) is 0.564. The van der Waals surface area contributed by atoms with Crippen LogP contribution in [0.25, 0.3) is 0 Å². The quantitative estimate of drug-likeness (QED) is 0.749. The van der Waals surface area contributed by atoms with Gasteiger partial charge in [0, 0.05) is 25.2 Å². The minimum atomic E-state index is -0.321. The van der Waals surface area contributed by atoms with E-state index in [-0.39, 0.29) is 29.9 Å². The monoisotopic (exact) mass is 324 g/mol. The van der Waals surface area contributed by atoms with Crippen LogP contribution in [0.5, 0.6) is 0 Å². The third-order valence-corrected chi connectivity index (χ3v) is 4.52. The van der Waals surface area contributed by atoms with Crippen LogP contribution in [0.1, 0.15) is 31.7 Å². The number of aliphatic hydroxyl groups excluding tert-OH is 1. The standard InChI is InChI=1S/C17H25FN2O3/c1-2-15(11-21)20-16(22)19-12-17(6-8-23-9-7-17)13-4-3-5-14(18)10-13/h3-5,10,15,21H,2,6-9,11-12H2,1H3,(H2,19,20,22). The van der Waals surface area contributed by atoms with E-state index in [4.69, 9.17) is 9.84 Å². The topological polar surface area (TPSA) is 70.6 Å². The number of halogens is 1. The van der Waals surface area contributed by atoms with Crippen LogP contribution in [-0.2, 0) is 10.2 Å². The average Bonchev–Trinajstić information content (AvgIpc) is 2.58. The second-order valence-corrected chi connectivity index (χ2v) is 6.02. The molecule has 0 aliphatic carbocycles. The van der Waals surface area contributed by atoms with Crippen molar-refractivity contribution in [3.63, 3.8) is 0 Å². The first-order valence-corrected chi connectivity index (χ1v) is 8.08. The highest BCUT2D eigenvalue weighted by molar-refractivity contribution is 5.74. The molecule has 1 fully saturated rings. The van der Waals surface area contributed by atoms with Crippen molar-refractivity contribution in [3.8, 4) is 0 Å². The van der Waals surface area contributed by atoms with Gasteiger partial charge in [-0.1, -0.05) is 19.1 Å². The molecule has 23 heavy (non-hydrogen) atoms. The molecule has 1 saturated heterocycles. The molecule has 2 rings (SSSR count). The average molecular weight is 324 g/mol. The summed E-state index contributed by atoms with van der Waals surface area (Å²) in [6.07, 6.45) is 2.12. The summed E-state index contributed by atoms with van der Waals surface area (Å²) in [7, 11) is 0. The molecular weight excluding hydrogens is 299 g/mol. The number of hydrogen-bond donors (Lipinski definition) is 3. The van der Waals surface area contributed by atoms with Gasteiger partial charge in [-0.2, -0.15) is 0 Å². The molecule has 5 nitrogen and oxygen atoms in total. The van der Waals surface area contributed by atoms with Crippen LogP contribution >= 0.6 is 0 Å². The molecular formula is C17H25FN2O3. The zero-order chi connectivity index (χ0) is 16.7. The van der Waals surface area contributed by atoms with Gasteiger partial charge in [-0.3, -0.25) is 0 Å². The molecule has 3 N–H and O–H groups in total. The Kier molecular flexibility index (Phi) is 6.36. The summed E-state index contributed by atoms with van der Waals surface area (Å²) in [6.45, 7) is 3.40. The lowest BCUT2D eigenvalue weighted by Gasteiger charge is -2.38. The number of benzene rings is 1. The van der Waals surface area contributed by atoms with Gasteiger partial charge in [0.05, 0.1) is 12.6 Å². The third kappa shape index (κ3) is 4.65. The smallest absolute Gasteiger partial charge is 0.315 e. The highest BCUT2D eigenvalue weighted by atomic mass is 19.1. The molecule has 0 radical (unpaired) electrons. The lowest BCUT2D eigenvalue weighted by molar-refractivity contribution is 0.0505. The number of urea groups is 1. The van der Waals surface area contributed by atoms with E-state index in [1.54, 1.807) is 6.07 Å². The first-order valence-electron chi connectivity index (χ1n) is 8.08. The van der Waals surface area contributed by atoms with Crippen LogP contribution in [0.3, 0.4) is 0 Å². The lowest BCUT2D eigenvalue weighted by Crippen LogP contribution is -2.50. The van der Waals surface area contributed by atoms with Crippen LogP contribution in [-0.4, -0.2) is 43.5 Å². The maximum absolute atomic E-state index is 13.6. The van der Waals surface area contributed by atoms with Crippen molar-refractivity contribution in [1.82, 2.24) is 10.6 Å². The number of carbonyl (C=O) groups is 1. The number of carbonyl (C=O) groups excluding carboxylic acids is 1. The summed E-state index contributed by atoms with van der Waals surface area (Å²) in [6, 6.07) is 5.98. The van der Waals surface area contributed by atoms with Crippen molar-refractivity contribution in [1.29, 1.82) is 0 Å². The Bertz CT molecular complexity index is 514. The summed E-state index contributed by atoms with van der Waals surface area (Å²) in [5, 5.41) is 14.8. The Morgan fingerprint density at radius 3 is 2.78 bits per heavy atom. The van der Waals surface area contributed by atoms with Crippen LogP contribution in [0.4, 0.5) is 9.18 Å². The van der Waals surface area contributed by atoms with Gasteiger partial charge in [-0.25, -0.2) is 9.18 Å². The number of ether oxygens (including phenoxy) is 1. The highest BCUT2D eigenvalue weighted by Crippen LogP contribution is 2.34. The zero-order valence-electron chi connectivity index (χ0n) is 13.5. The van der Waals surface area contributed by atoms with Crippen molar-refractivity contribution in [3.05, 3.63) is 35.6 Å². The van der Waals surface area contributed by atoms with E-state index in [1.165, 1.54) is 12.1 Å². The van der Waals surface area contributed by atoms with Crippen molar-refractivity contribution in [2.75, 3.05) is 26.4 Å². The van der Waals surface area contributed by atoms with Gasteiger partial charge in [0.25, 0.3) is 0 Å². The SMILES string of the molecule is CCC(CO)NC(=O)NCC1(c2cccc(F)c2)CCOCC1. The molecule has 1 aliphatic rings. The van der Waals surface area contributed by atoms with Crippen LogP contribution in [0.2, 0.25) is 0 Å². The van der Waals surface area contributed by atoms with Gasteiger partial charge < -0.3 is 20.5 Å². The van der Waals surface area contributed by atoms with E-state index >= 15 is 0 Å². The van der Waals surface area contributed by atoms with Gasteiger partial charge >= 0.3 is 6.03 Å². The molecule has 1 aliphatic heterocycles. The van der Waals surface area contributed by atoms with Crippen LogP contribution < -0.4 is 10.6 Å². The largest absolute Gasteiger partial charge is 0.394 e. The summed E-state index contributed by atoms with van der Waals surface area (Å²) < 4.78 is 19.0. The number of rotatable bonds is 6. The molecule has 0 saturated carbocycles. The van der Waals surface area contributed by atoms with E-state index in [1.807, 2.05) is 13.0 Å². The normalized spacial score (nSPS) is 18.2. The second-order valence-electron chi connectivity index (χ2n) is 6.02. The van der Waals surface area contributed by atoms with Crippen LogP contribution in [0, 0.1) is 5.82 Å². The third-order valence-electron chi connectivity index (χ3n) is 4.52. The first-order chi connectivity index (χ1) is 11.1. The van der Waals surface area contributed by atoms with E-state index in [0.29, 0.717) is 26.2 Å². The fraction of sp³-hybridized carbons (Fsp3) is 0.588. The Morgan fingerprint density at radius 1 is 1.43 bits per heavy atom. The maximum atomic E-state index is 13.6. The molecule has 0 aromatic heterocycles. The first kappa shape index (κ1) is 17.7. The zero-order valence-corrected chi connectivity index (χ0v) is 13.5. The minimum absolute atomic E-state index is 0.0905. The molecule has 2 amide bonds. The van der Waals surface area contributed by atoms with E-state index in [9.17, 15) is 9.18 Å². The lowest BCUT2D eigenvalue weighted by atomic mass is 9.74. The van der Waals surface area contributed by atoms with Crippen molar-refractivity contribution in [2.45, 2.75) is 37.6 Å². The van der Waals surface area contributed by atoms with Crippen LogP contribution in [0.15, 0.2) is 24.3 Å². The Labute approximate surface area is 136 Å². The Hall–Kier alpha value is -1.66. The maximum Gasteiger partial charge on any atom is 0.315 e. The van der Waals surface area contributed by atoms with Gasteiger partial charge in [0.15, 0.2) is 0 Å². The number of hydrogen-bond acceptors (Lipinski definition) is 3. The molecule has 128 valence electrons. The summed E-state index contributed by atoms with van der Waals surface area (Å²) >= 11 is 0. The fourth-order valence-corrected chi connectivity index (χ4v) is 2.91. The Morgan fingerprint density at radius 2 is 2.17 bits per heavy atom. The van der Waals surface area contributed by atoms with Crippen molar-refractivity contribution in [2.24, 2.45) is 0 Å². The van der Waals surface area contributed by atoms with Gasteiger partial charge in [-0.05, 0) is 37.0 Å². The predicted molar refractivity (Wildman–Crippen MR) is 85.8 cm³/mol. The minimum Gasteiger partial charge on any atom is -0.394 e. The molecule has 1 atom stereocenters. The van der Waals surface area contributed by atoms with Crippen molar-refractivity contribution < 1.29 is 19.0 Å². The van der Waals surface area contributed by atoms with Gasteiger partial charge in [0.1, 0.15) is 5.82 Å². The second kappa shape index (κ2) is 8.26. The van der Waals surface area contributed by atoms with E-state index in [2.05, 4.69) is 10.6 Å². The van der Waals surface area contributed by atoms with Gasteiger partial charge in [-0.15, -0.1) is 0 Å². The number of amides is 2. The molecule has 1 heterocycles. The molecule has 1 unspecified atom stereocenters. The Balaban J connectivity index is 2.06. The van der Waals surface area contributed by atoms with Gasteiger partial charge in [0.2, 0.25) is 0 Å². The molecule has 0 spiro atoms. The molecule has 6 heteroatoms. The fourth-order valence-electron chi connectivity index (χ4n) is 2.91. The van der Waals surface area contributed by atoms with E-state index < -0.39 is 0 Å². The number of nitrogens with one attached hydrogen (secondary N) is 2. The summed E-state index contributed by atoms with van der Waals surface area (Å²) in [4.78, 5) is 12.0.